The molecule has 1 aliphatic heterocycles. The highest BCUT2D eigenvalue weighted by atomic mass is 32.2. The minimum Gasteiger partial charge on any atom is -0.491 e. The Kier molecular flexibility index (Phi) is 8.51. The lowest BCUT2D eigenvalue weighted by atomic mass is 10.0. The van der Waals surface area contributed by atoms with Crippen molar-refractivity contribution in [3.63, 3.8) is 0 Å². The van der Waals surface area contributed by atoms with E-state index in [-0.39, 0.29) is 24.0 Å². The smallest absolute Gasteiger partial charge is 0.257 e. The number of rotatable bonds is 5. The predicted octanol–water partition coefficient (Wildman–Crippen LogP) is 2.46. The predicted molar refractivity (Wildman–Crippen MR) is 131 cm³/mol. The molecule has 1 amide bonds. The number of nitrogens with one attached hydrogen (secondary N) is 1. The molecule has 0 saturated heterocycles. The van der Waals surface area contributed by atoms with Crippen molar-refractivity contribution >= 4 is 21.6 Å². The van der Waals surface area contributed by atoms with Crippen LogP contribution in [0.5, 0.6) is 5.75 Å². The summed E-state index contributed by atoms with van der Waals surface area (Å²) >= 11 is 0. The van der Waals surface area contributed by atoms with Crippen LogP contribution in [0.1, 0.15) is 29.8 Å². The van der Waals surface area contributed by atoms with E-state index in [0.717, 1.165) is 18.4 Å². The van der Waals surface area contributed by atoms with Crippen LogP contribution in [0.2, 0.25) is 0 Å². The number of anilines is 1. The van der Waals surface area contributed by atoms with Crippen molar-refractivity contribution in [3.8, 4) is 5.75 Å². The number of fused-ring (bicyclic) bond motifs is 1. The van der Waals surface area contributed by atoms with E-state index in [4.69, 9.17) is 9.47 Å². The fourth-order valence-corrected chi connectivity index (χ4v) is 4.63. The van der Waals surface area contributed by atoms with Crippen molar-refractivity contribution in [3.05, 3.63) is 53.9 Å². The van der Waals surface area contributed by atoms with Gasteiger partial charge in [0, 0.05) is 57.9 Å². The number of benzene rings is 1. The van der Waals surface area contributed by atoms with E-state index in [0.29, 0.717) is 36.7 Å². The van der Waals surface area contributed by atoms with Crippen molar-refractivity contribution in [2.24, 2.45) is 5.92 Å². The molecule has 0 bridgehead atoms. The lowest BCUT2D eigenvalue weighted by molar-refractivity contribution is 0.00920. The fraction of sp³-hybridized carbons (Fsp3) is 0.500. The van der Waals surface area contributed by atoms with Gasteiger partial charge in [0.15, 0.2) is 0 Å². The van der Waals surface area contributed by atoms with Gasteiger partial charge < -0.3 is 14.4 Å². The summed E-state index contributed by atoms with van der Waals surface area (Å²) in [4.78, 5) is 21.5. The Morgan fingerprint density at radius 3 is 2.65 bits per heavy atom. The highest BCUT2D eigenvalue weighted by molar-refractivity contribution is 7.92. The molecule has 0 unspecified atom stereocenters. The first-order valence-electron chi connectivity index (χ1n) is 11.2. The Bertz CT molecular complexity index is 1080. The summed E-state index contributed by atoms with van der Waals surface area (Å²) in [6.07, 6.45) is 4.51. The van der Waals surface area contributed by atoms with Crippen LogP contribution in [0.3, 0.4) is 0 Å². The van der Waals surface area contributed by atoms with E-state index in [1.165, 1.54) is 6.07 Å². The van der Waals surface area contributed by atoms with Crippen LogP contribution in [0, 0.1) is 5.92 Å². The van der Waals surface area contributed by atoms with Gasteiger partial charge in [-0.05, 0) is 42.7 Å². The molecular weight excluding hydrogens is 456 g/mol. The Hall–Kier alpha value is -2.69. The maximum atomic E-state index is 13.3. The van der Waals surface area contributed by atoms with Crippen LogP contribution in [0.4, 0.5) is 5.69 Å². The molecule has 10 heteroatoms. The monoisotopic (exact) mass is 490 g/mol. The molecular formula is C24H34N4O5S. The summed E-state index contributed by atoms with van der Waals surface area (Å²) in [6.45, 7) is 6.40. The van der Waals surface area contributed by atoms with Crippen LogP contribution in [0.25, 0.3) is 0 Å². The van der Waals surface area contributed by atoms with Crippen molar-refractivity contribution in [2.75, 3.05) is 44.8 Å². The van der Waals surface area contributed by atoms with E-state index in [1.807, 2.05) is 18.3 Å². The van der Waals surface area contributed by atoms with E-state index in [9.17, 15) is 13.2 Å². The minimum atomic E-state index is -3.49. The molecule has 0 saturated carbocycles. The van der Waals surface area contributed by atoms with Gasteiger partial charge in [0.05, 0.1) is 17.9 Å². The van der Waals surface area contributed by atoms with Crippen LogP contribution >= 0.6 is 0 Å². The van der Waals surface area contributed by atoms with Crippen molar-refractivity contribution in [1.82, 2.24) is 14.8 Å². The van der Waals surface area contributed by atoms with Gasteiger partial charge >= 0.3 is 0 Å². The second-order valence-corrected chi connectivity index (χ2v) is 10.7. The number of carbonyl (C=O) groups is 1. The summed E-state index contributed by atoms with van der Waals surface area (Å²) in [5.41, 5.74) is 1.71. The minimum absolute atomic E-state index is 0.0362. The Morgan fingerprint density at radius 2 is 2.00 bits per heavy atom. The molecule has 0 spiro atoms. The van der Waals surface area contributed by atoms with Crippen molar-refractivity contribution in [2.45, 2.75) is 32.5 Å². The lowest BCUT2D eigenvalue weighted by Crippen LogP contribution is -2.46. The van der Waals surface area contributed by atoms with Crippen LogP contribution < -0.4 is 9.46 Å². The zero-order chi connectivity index (χ0) is 24.9. The fourth-order valence-electron chi connectivity index (χ4n) is 4.08. The lowest BCUT2D eigenvalue weighted by Gasteiger charge is -2.36. The third-order valence-electron chi connectivity index (χ3n) is 5.99. The molecule has 2 aromatic rings. The third-order valence-corrected chi connectivity index (χ3v) is 6.59. The number of hydrogen-bond donors (Lipinski definition) is 1. The molecule has 1 N–H and O–H groups in total. The molecule has 34 heavy (non-hydrogen) atoms. The summed E-state index contributed by atoms with van der Waals surface area (Å²) in [6, 6.07) is 8.76. The van der Waals surface area contributed by atoms with Gasteiger partial charge in [-0.25, -0.2) is 8.42 Å². The summed E-state index contributed by atoms with van der Waals surface area (Å²) < 4.78 is 37.7. The summed E-state index contributed by atoms with van der Waals surface area (Å²) in [5.74, 6) is 0.282. The van der Waals surface area contributed by atoms with E-state index in [1.54, 1.807) is 37.4 Å². The average Bonchev–Trinajstić information content (AvgIpc) is 2.79. The highest BCUT2D eigenvalue weighted by Gasteiger charge is 2.28. The molecule has 3 rings (SSSR count). The molecule has 0 aliphatic carbocycles. The summed E-state index contributed by atoms with van der Waals surface area (Å²) in [5, 5.41) is 0. The Labute approximate surface area is 202 Å². The number of likely N-dealkylation sites (N-methyl/N-ethyl adjacent to an activating group) is 1. The van der Waals surface area contributed by atoms with Gasteiger partial charge in [0.2, 0.25) is 10.0 Å². The first kappa shape index (κ1) is 25.9. The van der Waals surface area contributed by atoms with Gasteiger partial charge in [-0.3, -0.25) is 19.4 Å². The van der Waals surface area contributed by atoms with Crippen LogP contribution in [0.15, 0.2) is 42.7 Å². The molecule has 0 radical (unpaired) electrons. The van der Waals surface area contributed by atoms with Crippen molar-refractivity contribution < 1.29 is 22.7 Å². The van der Waals surface area contributed by atoms with Crippen LogP contribution in [-0.4, -0.2) is 81.4 Å². The van der Waals surface area contributed by atoms with Gasteiger partial charge in [0.25, 0.3) is 5.91 Å². The van der Waals surface area contributed by atoms with E-state index < -0.39 is 10.0 Å². The largest absolute Gasteiger partial charge is 0.491 e. The quantitative estimate of drug-likeness (QED) is 0.687. The molecule has 186 valence electrons. The topological polar surface area (TPSA) is 101 Å². The molecule has 1 aliphatic rings. The Morgan fingerprint density at radius 1 is 1.24 bits per heavy atom. The van der Waals surface area contributed by atoms with Gasteiger partial charge in [-0.2, -0.15) is 0 Å². The van der Waals surface area contributed by atoms with Crippen LogP contribution in [-0.2, 0) is 21.3 Å². The zero-order valence-corrected chi connectivity index (χ0v) is 21.2. The number of sulfonamides is 1. The van der Waals surface area contributed by atoms with Gasteiger partial charge in [-0.1, -0.05) is 13.0 Å². The first-order chi connectivity index (χ1) is 16.1. The molecule has 3 atom stereocenters. The van der Waals surface area contributed by atoms with Gasteiger partial charge in [-0.15, -0.1) is 0 Å². The SMILES string of the molecule is CO[C@H]1CN(C)C(=O)c2cc(NS(C)(=O)=O)ccc2OC[C@@H](C)N(Cc2cccnc2)C[C@H]1C. The maximum Gasteiger partial charge on any atom is 0.257 e. The third kappa shape index (κ3) is 6.91. The Balaban J connectivity index is 1.96. The molecule has 9 nitrogen and oxygen atoms in total. The maximum absolute atomic E-state index is 13.3. The second-order valence-electron chi connectivity index (χ2n) is 8.97. The number of methoxy groups -OCH3 is 1. The summed E-state index contributed by atoms with van der Waals surface area (Å²) in [7, 11) is -0.118. The number of pyridine rings is 1. The molecule has 1 aromatic heterocycles. The number of nitrogens with zero attached hydrogens (tertiary/aromatic N) is 3. The standard InChI is InChI=1S/C24H34N4O5S/c1-17-13-28(14-19-7-6-10-25-12-19)18(2)16-33-22-9-8-20(26-34(5,30)31)11-21(22)24(29)27(3)15-23(17)32-4/h6-12,17-18,23,26H,13-16H2,1-5H3/t17-,18-,23+/m1/s1. The first-order valence-corrected chi connectivity index (χ1v) is 13.1. The average molecular weight is 491 g/mol. The number of carbonyl (C=O) groups excluding carboxylic acids is 1. The highest BCUT2D eigenvalue weighted by Crippen LogP contribution is 2.27. The van der Waals surface area contributed by atoms with E-state index in [2.05, 4.69) is 28.5 Å². The second kappa shape index (κ2) is 11.2. The zero-order valence-electron chi connectivity index (χ0n) is 20.4. The number of aromatic nitrogens is 1. The number of hydrogen-bond acceptors (Lipinski definition) is 7. The normalized spacial score (nSPS) is 22.8. The molecule has 1 aromatic carbocycles. The molecule has 0 fully saturated rings. The number of amides is 1. The van der Waals surface area contributed by atoms with Gasteiger partial charge in [0.1, 0.15) is 12.4 Å². The van der Waals surface area contributed by atoms with Crippen molar-refractivity contribution in [1.29, 1.82) is 0 Å². The molecule has 2 heterocycles. The number of ether oxygens (including phenoxy) is 2. The van der Waals surface area contributed by atoms with E-state index >= 15 is 0 Å².